The Balaban J connectivity index is 2.52. The van der Waals surface area contributed by atoms with Crippen LogP contribution >= 0.6 is 23.2 Å². The van der Waals surface area contributed by atoms with Gasteiger partial charge in [-0.1, -0.05) is 43.1 Å². The number of carbonyl (C=O) groups is 1. The SMILES string of the molecule is CCC(N)(CC)C(=O)NCCc1ccc(Cl)cc1Cl. The molecule has 0 fully saturated rings. The van der Waals surface area contributed by atoms with Gasteiger partial charge in [-0.15, -0.1) is 0 Å². The number of hydrogen-bond donors (Lipinski definition) is 2. The summed E-state index contributed by atoms with van der Waals surface area (Å²) in [7, 11) is 0. The second-order valence-electron chi connectivity index (χ2n) is 4.60. The van der Waals surface area contributed by atoms with Gasteiger partial charge in [0, 0.05) is 16.6 Å². The Morgan fingerprint density at radius 1 is 1.32 bits per heavy atom. The van der Waals surface area contributed by atoms with Gasteiger partial charge in [-0.2, -0.15) is 0 Å². The molecule has 0 bridgehead atoms. The third kappa shape index (κ3) is 4.37. The second-order valence-corrected chi connectivity index (χ2v) is 5.45. The van der Waals surface area contributed by atoms with Crippen molar-refractivity contribution in [1.82, 2.24) is 5.32 Å². The Kier molecular flexibility index (Phi) is 6.11. The molecular formula is C14H20Cl2N2O. The molecule has 0 atom stereocenters. The first-order valence-electron chi connectivity index (χ1n) is 6.44. The first-order chi connectivity index (χ1) is 8.92. The summed E-state index contributed by atoms with van der Waals surface area (Å²) in [5.41, 5.74) is 6.20. The molecule has 1 amide bonds. The van der Waals surface area contributed by atoms with E-state index >= 15 is 0 Å². The minimum Gasteiger partial charge on any atom is -0.354 e. The zero-order valence-electron chi connectivity index (χ0n) is 11.3. The quantitative estimate of drug-likeness (QED) is 0.848. The number of hydrogen-bond acceptors (Lipinski definition) is 2. The van der Waals surface area contributed by atoms with E-state index < -0.39 is 5.54 Å². The molecule has 0 aliphatic rings. The maximum Gasteiger partial charge on any atom is 0.240 e. The molecule has 1 aromatic carbocycles. The zero-order valence-corrected chi connectivity index (χ0v) is 12.8. The molecule has 3 N–H and O–H groups in total. The average molecular weight is 303 g/mol. The van der Waals surface area contributed by atoms with E-state index in [1.54, 1.807) is 12.1 Å². The Morgan fingerprint density at radius 3 is 2.47 bits per heavy atom. The van der Waals surface area contributed by atoms with E-state index in [2.05, 4.69) is 5.32 Å². The van der Waals surface area contributed by atoms with Gasteiger partial charge in [-0.3, -0.25) is 4.79 Å². The highest BCUT2D eigenvalue weighted by molar-refractivity contribution is 6.35. The third-order valence-electron chi connectivity index (χ3n) is 3.41. The van der Waals surface area contributed by atoms with Crippen LogP contribution in [0.3, 0.4) is 0 Å². The summed E-state index contributed by atoms with van der Waals surface area (Å²) in [5.74, 6) is -0.109. The zero-order chi connectivity index (χ0) is 14.5. The molecule has 0 heterocycles. The van der Waals surface area contributed by atoms with Gasteiger partial charge < -0.3 is 11.1 Å². The van der Waals surface area contributed by atoms with Gasteiger partial charge in [0.05, 0.1) is 5.54 Å². The van der Waals surface area contributed by atoms with Crippen molar-refractivity contribution in [3.8, 4) is 0 Å². The van der Waals surface area contributed by atoms with E-state index in [9.17, 15) is 4.79 Å². The Bertz CT molecular complexity index is 445. The molecule has 0 aliphatic carbocycles. The Hall–Kier alpha value is -0.770. The summed E-state index contributed by atoms with van der Waals surface area (Å²) in [5, 5.41) is 4.08. The summed E-state index contributed by atoms with van der Waals surface area (Å²) in [6.45, 7) is 4.34. The molecular weight excluding hydrogens is 283 g/mol. The number of benzene rings is 1. The summed E-state index contributed by atoms with van der Waals surface area (Å²) in [6, 6.07) is 5.35. The van der Waals surface area contributed by atoms with Crippen LogP contribution < -0.4 is 11.1 Å². The van der Waals surface area contributed by atoms with E-state index in [1.807, 2.05) is 19.9 Å². The Labute approximate surface area is 124 Å². The number of rotatable bonds is 6. The molecule has 0 unspecified atom stereocenters. The molecule has 0 spiro atoms. The lowest BCUT2D eigenvalue weighted by molar-refractivity contribution is -0.126. The molecule has 5 heteroatoms. The first kappa shape index (κ1) is 16.3. The van der Waals surface area contributed by atoms with Crippen LogP contribution in [-0.4, -0.2) is 18.0 Å². The molecule has 0 radical (unpaired) electrons. The van der Waals surface area contributed by atoms with Crippen LogP contribution in [0.2, 0.25) is 10.0 Å². The fourth-order valence-electron chi connectivity index (χ4n) is 1.78. The molecule has 106 valence electrons. The molecule has 0 aliphatic heterocycles. The lowest BCUT2D eigenvalue weighted by Gasteiger charge is -2.25. The van der Waals surface area contributed by atoms with Gasteiger partial charge in [0.1, 0.15) is 0 Å². The highest BCUT2D eigenvalue weighted by Gasteiger charge is 2.29. The summed E-state index contributed by atoms with van der Waals surface area (Å²) in [6.07, 6.45) is 1.90. The molecule has 19 heavy (non-hydrogen) atoms. The van der Waals surface area contributed by atoms with Crippen molar-refractivity contribution in [1.29, 1.82) is 0 Å². The molecule has 3 nitrogen and oxygen atoms in total. The van der Waals surface area contributed by atoms with Gasteiger partial charge in [0.25, 0.3) is 0 Å². The van der Waals surface area contributed by atoms with Gasteiger partial charge in [-0.05, 0) is 37.0 Å². The van der Waals surface area contributed by atoms with Crippen LogP contribution in [0.25, 0.3) is 0 Å². The van der Waals surface area contributed by atoms with Crippen molar-refractivity contribution in [2.24, 2.45) is 5.73 Å². The number of carbonyl (C=O) groups excluding carboxylic acids is 1. The Morgan fingerprint density at radius 2 is 1.95 bits per heavy atom. The van der Waals surface area contributed by atoms with Crippen LogP contribution in [0.4, 0.5) is 0 Å². The number of halogens is 2. The monoisotopic (exact) mass is 302 g/mol. The minimum atomic E-state index is -0.774. The van der Waals surface area contributed by atoms with E-state index in [4.69, 9.17) is 28.9 Å². The molecule has 0 saturated carbocycles. The molecule has 0 saturated heterocycles. The highest BCUT2D eigenvalue weighted by atomic mass is 35.5. The lowest BCUT2D eigenvalue weighted by Crippen LogP contribution is -2.53. The minimum absolute atomic E-state index is 0.109. The molecule has 1 aromatic rings. The largest absolute Gasteiger partial charge is 0.354 e. The predicted octanol–water partition coefficient (Wildman–Crippen LogP) is 3.17. The van der Waals surface area contributed by atoms with Crippen LogP contribution in [0.15, 0.2) is 18.2 Å². The van der Waals surface area contributed by atoms with Crippen molar-refractivity contribution in [2.75, 3.05) is 6.54 Å². The van der Waals surface area contributed by atoms with Gasteiger partial charge in [-0.25, -0.2) is 0 Å². The standard InChI is InChI=1S/C14H20Cl2N2O/c1-3-14(17,4-2)13(19)18-8-7-10-5-6-11(15)9-12(10)16/h5-6,9H,3-4,7-8,17H2,1-2H3,(H,18,19). The smallest absolute Gasteiger partial charge is 0.240 e. The lowest BCUT2D eigenvalue weighted by atomic mass is 9.93. The van der Waals surface area contributed by atoms with Crippen LogP contribution in [0.5, 0.6) is 0 Å². The number of nitrogens with two attached hydrogens (primary N) is 1. The van der Waals surface area contributed by atoms with Crippen molar-refractivity contribution in [3.05, 3.63) is 33.8 Å². The predicted molar refractivity (Wildman–Crippen MR) is 80.7 cm³/mol. The van der Waals surface area contributed by atoms with Gasteiger partial charge in [0.15, 0.2) is 0 Å². The van der Waals surface area contributed by atoms with E-state index in [-0.39, 0.29) is 5.91 Å². The number of amides is 1. The maximum absolute atomic E-state index is 12.0. The van der Waals surface area contributed by atoms with E-state index in [0.717, 1.165) is 5.56 Å². The van der Waals surface area contributed by atoms with Gasteiger partial charge in [0.2, 0.25) is 5.91 Å². The van der Waals surface area contributed by atoms with E-state index in [1.165, 1.54) is 0 Å². The fraction of sp³-hybridized carbons (Fsp3) is 0.500. The number of nitrogens with one attached hydrogen (secondary N) is 1. The van der Waals surface area contributed by atoms with E-state index in [0.29, 0.717) is 35.9 Å². The topological polar surface area (TPSA) is 55.1 Å². The second kappa shape index (κ2) is 7.13. The van der Waals surface area contributed by atoms with Crippen molar-refractivity contribution in [3.63, 3.8) is 0 Å². The summed E-state index contributed by atoms with van der Waals surface area (Å²) < 4.78 is 0. The van der Waals surface area contributed by atoms with Crippen LogP contribution in [0.1, 0.15) is 32.3 Å². The van der Waals surface area contributed by atoms with Gasteiger partial charge >= 0.3 is 0 Å². The average Bonchev–Trinajstić information content (AvgIpc) is 2.40. The van der Waals surface area contributed by atoms with Crippen LogP contribution in [-0.2, 0) is 11.2 Å². The maximum atomic E-state index is 12.0. The normalized spacial score (nSPS) is 11.4. The fourth-order valence-corrected chi connectivity index (χ4v) is 2.29. The summed E-state index contributed by atoms with van der Waals surface area (Å²) in [4.78, 5) is 12.0. The highest BCUT2D eigenvalue weighted by Crippen LogP contribution is 2.21. The van der Waals surface area contributed by atoms with Crippen molar-refractivity contribution >= 4 is 29.1 Å². The van der Waals surface area contributed by atoms with Crippen LogP contribution in [0, 0.1) is 0 Å². The molecule has 1 rings (SSSR count). The molecule has 0 aromatic heterocycles. The van der Waals surface area contributed by atoms with Crippen molar-refractivity contribution in [2.45, 2.75) is 38.6 Å². The first-order valence-corrected chi connectivity index (χ1v) is 7.19. The summed E-state index contributed by atoms with van der Waals surface area (Å²) >= 11 is 11.9. The van der Waals surface area contributed by atoms with Crippen molar-refractivity contribution < 1.29 is 4.79 Å². The third-order valence-corrected chi connectivity index (χ3v) is 4.00.